The lowest BCUT2D eigenvalue weighted by atomic mass is 10.2. The zero-order valence-corrected chi connectivity index (χ0v) is 15.6. The fourth-order valence-corrected chi connectivity index (χ4v) is 2.21. The summed E-state index contributed by atoms with van der Waals surface area (Å²) in [6.07, 6.45) is 0.727. The molecule has 0 unspecified atom stereocenters. The maximum atomic E-state index is 12.1. The Balaban J connectivity index is 1.93. The molecule has 2 aromatic carbocycles. The molecule has 2 aromatic rings. The van der Waals surface area contributed by atoms with Crippen molar-refractivity contribution in [3.63, 3.8) is 0 Å². The SMILES string of the molecule is CCOc1cc(/C=N\NC(=O)[C@@H](C)Oc2ccc(Cl)c(C)c2)ccc1O. The molecular weight excluding hydrogens is 356 g/mol. The summed E-state index contributed by atoms with van der Waals surface area (Å²) in [7, 11) is 0. The normalized spacial score (nSPS) is 12.0. The van der Waals surface area contributed by atoms with Gasteiger partial charge in [-0.1, -0.05) is 11.6 Å². The summed E-state index contributed by atoms with van der Waals surface area (Å²) >= 11 is 5.97. The fourth-order valence-electron chi connectivity index (χ4n) is 2.09. The van der Waals surface area contributed by atoms with Gasteiger partial charge < -0.3 is 14.6 Å². The molecule has 7 heteroatoms. The fraction of sp³-hybridized carbons (Fsp3) is 0.263. The number of nitrogens with zero attached hydrogens (tertiary/aromatic N) is 1. The van der Waals surface area contributed by atoms with Gasteiger partial charge in [0.05, 0.1) is 12.8 Å². The standard InChI is InChI=1S/C19H21ClN2O4/c1-4-25-18-10-14(5-8-17(18)23)11-21-22-19(24)13(3)26-15-6-7-16(20)12(2)9-15/h5-11,13,23H,4H2,1-3H3,(H,22,24)/b21-11-/t13-/m1/s1. The maximum Gasteiger partial charge on any atom is 0.280 e. The van der Waals surface area contributed by atoms with Crippen molar-refractivity contribution >= 4 is 23.7 Å². The molecule has 2 N–H and O–H groups in total. The number of benzene rings is 2. The molecule has 0 bridgehead atoms. The first-order valence-corrected chi connectivity index (χ1v) is 8.50. The van der Waals surface area contributed by atoms with Crippen LogP contribution >= 0.6 is 11.6 Å². The van der Waals surface area contributed by atoms with E-state index in [1.165, 1.54) is 12.3 Å². The summed E-state index contributed by atoms with van der Waals surface area (Å²) in [5, 5.41) is 14.2. The van der Waals surface area contributed by atoms with Gasteiger partial charge in [0.2, 0.25) is 0 Å². The van der Waals surface area contributed by atoms with Crippen molar-refractivity contribution in [3.8, 4) is 17.2 Å². The zero-order chi connectivity index (χ0) is 19.1. The highest BCUT2D eigenvalue weighted by Crippen LogP contribution is 2.26. The van der Waals surface area contributed by atoms with Gasteiger partial charge in [0.1, 0.15) is 5.75 Å². The molecule has 6 nitrogen and oxygen atoms in total. The molecule has 0 aliphatic carbocycles. The number of aromatic hydroxyl groups is 1. The predicted molar refractivity (Wildman–Crippen MR) is 101 cm³/mol. The molecule has 0 fully saturated rings. The van der Waals surface area contributed by atoms with E-state index in [4.69, 9.17) is 21.1 Å². The molecule has 1 amide bonds. The molecule has 0 saturated heterocycles. The Bertz CT molecular complexity index is 808. The highest BCUT2D eigenvalue weighted by Gasteiger charge is 2.14. The number of hydrogen-bond acceptors (Lipinski definition) is 5. The Morgan fingerprint density at radius 3 is 2.81 bits per heavy atom. The summed E-state index contributed by atoms with van der Waals surface area (Å²) < 4.78 is 10.9. The van der Waals surface area contributed by atoms with Crippen LogP contribution in [0.3, 0.4) is 0 Å². The Hall–Kier alpha value is -2.73. The summed E-state index contributed by atoms with van der Waals surface area (Å²) in [5.41, 5.74) is 3.96. The van der Waals surface area contributed by atoms with Gasteiger partial charge in [-0.25, -0.2) is 5.43 Å². The van der Waals surface area contributed by atoms with Crippen LogP contribution in [0, 0.1) is 6.92 Å². The van der Waals surface area contributed by atoms with Crippen LogP contribution in [0.15, 0.2) is 41.5 Å². The highest BCUT2D eigenvalue weighted by molar-refractivity contribution is 6.31. The lowest BCUT2D eigenvalue weighted by Gasteiger charge is -2.13. The summed E-state index contributed by atoms with van der Waals surface area (Å²) in [6, 6.07) is 9.97. The van der Waals surface area contributed by atoms with E-state index in [1.54, 1.807) is 37.3 Å². The first-order valence-electron chi connectivity index (χ1n) is 8.12. The first-order chi connectivity index (χ1) is 12.4. The van der Waals surface area contributed by atoms with Gasteiger partial charge in [-0.3, -0.25) is 4.79 Å². The molecule has 0 spiro atoms. The van der Waals surface area contributed by atoms with Crippen LogP contribution in [0.5, 0.6) is 17.2 Å². The van der Waals surface area contributed by atoms with Crippen LogP contribution in [-0.2, 0) is 4.79 Å². The van der Waals surface area contributed by atoms with Crippen molar-refractivity contribution in [3.05, 3.63) is 52.5 Å². The number of hydrazone groups is 1. The van der Waals surface area contributed by atoms with Gasteiger partial charge in [0, 0.05) is 5.02 Å². The van der Waals surface area contributed by atoms with Crippen LogP contribution in [0.25, 0.3) is 0 Å². The molecule has 26 heavy (non-hydrogen) atoms. The molecule has 138 valence electrons. The Labute approximate surface area is 157 Å². The Kier molecular flexibility index (Phi) is 6.86. The van der Waals surface area contributed by atoms with E-state index in [2.05, 4.69) is 10.5 Å². The molecule has 0 heterocycles. The zero-order valence-electron chi connectivity index (χ0n) is 14.8. The number of hydrogen-bond donors (Lipinski definition) is 2. The third-order valence-electron chi connectivity index (χ3n) is 3.48. The number of halogens is 1. The second-order valence-electron chi connectivity index (χ2n) is 5.57. The minimum absolute atomic E-state index is 0.0494. The van der Waals surface area contributed by atoms with Crippen molar-refractivity contribution < 1.29 is 19.4 Å². The summed E-state index contributed by atoms with van der Waals surface area (Å²) in [4.78, 5) is 12.1. The first kappa shape index (κ1) is 19.6. The molecular formula is C19H21ClN2O4. The number of carbonyl (C=O) groups is 1. The van der Waals surface area contributed by atoms with Crippen LogP contribution < -0.4 is 14.9 Å². The highest BCUT2D eigenvalue weighted by atomic mass is 35.5. The van der Waals surface area contributed by atoms with E-state index in [9.17, 15) is 9.90 Å². The minimum Gasteiger partial charge on any atom is -0.504 e. The van der Waals surface area contributed by atoms with E-state index < -0.39 is 12.0 Å². The largest absolute Gasteiger partial charge is 0.504 e. The van der Waals surface area contributed by atoms with Crippen LogP contribution in [0.4, 0.5) is 0 Å². The van der Waals surface area contributed by atoms with Crippen molar-refractivity contribution in [1.29, 1.82) is 0 Å². The van der Waals surface area contributed by atoms with Gasteiger partial charge in [0.15, 0.2) is 17.6 Å². The summed E-state index contributed by atoms with van der Waals surface area (Å²) in [5.74, 6) is 0.571. The minimum atomic E-state index is -0.730. The number of rotatable bonds is 7. The Morgan fingerprint density at radius 1 is 1.35 bits per heavy atom. The van der Waals surface area contributed by atoms with E-state index in [0.29, 0.717) is 28.7 Å². The third kappa shape index (κ3) is 5.39. The Morgan fingerprint density at radius 2 is 2.12 bits per heavy atom. The number of phenolic OH excluding ortho intramolecular Hbond substituents is 1. The molecule has 0 aromatic heterocycles. The van der Waals surface area contributed by atoms with Gasteiger partial charge in [0.25, 0.3) is 5.91 Å². The van der Waals surface area contributed by atoms with Crippen LogP contribution in [0.1, 0.15) is 25.0 Å². The molecule has 2 rings (SSSR count). The average molecular weight is 377 g/mol. The lowest BCUT2D eigenvalue weighted by molar-refractivity contribution is -0.127. The molecule has 0 saturated carbocycles. The van der Waals surface area contributed by atoms with Crippen molar-refractivity contribution in [2.24, 2.45) is 5.10 Å². The van der Waals surface area contributed by atoms with E-state index in [-0.39, 0.29) is 5.75 Å². The van der Waals surface area contributed by atoms with E-state index >= 15 is 0 Å². The number of phenols is 1. The number of aryl methyl sites for hydroxylation is 1. The molecule has 1 atom stereocenters. The molecule has 0 radical (unpaired) electrons. The third-order valence-corrected chi connectivity index (χ3v) is 3.91. The number of amides is 1. The maximum absolute atomic E-state index is 12.1. The summed E-state index contributed by atoms with van der Waals surface area (Å²) in [6.45, 7) is 5.74. The lowest BCUT2D eigenvalue weighted by Crippen LogP contribution is -2.33. The van der Waals surface area contributed by atoms with Crippen LogP contribution in [-0.4, -0.2) is 29.9 Å². The van der Waals surface area contributed by atoms with Gasteiger partial charge in [-0.15, -0.1) is 0 Å². The monoisotopic (exact) mass is 376 g/mol. The number of carbonyl (C=O) groups excluding carboxylic acids is 1. The molecule has 0 aliphatic heterocycles. The van der Waals surface area contributed by atoms with Gasteiger partial charge >= 0.3 is 0 Å². The van der Waals surface area contributed by atoms with Crippen molar-refractivity contribution in [1.82, 2.24) is 5.43 Å². The van der Waals surface area contributed by atoms with Gasteiger partial charge in [-0.05, 0) is 68.3 Å². The van der Waals surface area contributed by atoms with Crippen molar-refractivity contribution in [2.75, 3.05) is 6.61 Å². The smallest absolute Gasteiger partial charge is 0.280 e. The topological polar surface area (TPSA) is 80.2 Å². The average Bonchev–Trinajstić information content (AvgIpc) is 2.61. The number of nitrogens with one attached hydrogen (secondary N) is 1. The quantitative estimate of drug-likeness (QED) is 0.570. The number of ether oxygens (including phenoxy) is 2. The molecule has 0 aliphatic rings. The van der Waals surface area contributed by atoms with E-state index in [1.807, 2.05) is 13.8 Å². The second-order valence-corrected chi connectivity index (χ2v) is 5.97. The van der Waals surface area contributed by atoms with E-state index in [0.717, 1.165) is 5.56 Å². The predicted octanol–water partition coefficient (Wildman–Crippen LogP) is 3.67. The van der Waals surface area contributed by atoms with Gasteiger partial charge in [-0.2, -0.15) is 5.10 Å². The second kappa shape index (κ2) is 9.10. The van der Waals surface area contributed by atoms with Crippen molar-refractivity contribution in [2.45, 2.75) is 26.9 Å². The van der Waals surface area contributed by atoms with Crippen LogP contribution in [0.2, 0.25) is 5.02 Å².